The molecule has 0 saturated heterocycles. The second-order valence-corrected chi connectivity index (χ2v) is 7.72. The molecule has 158 valence electrons. The molecule has 0 fully saturated rings. The van der Waals surface area contributed by atoms with Crippen LogP contribution in [0.2, 0.25) is 0 Å². The van der Waals surface area contributed by atoms with Crippen molar-refractivity contribution in [2.24, 2.45) is 5.10 Å². The monoisotopic (exact) mass is 422 g/mol. The van der Waals surface area contributed by atoms with Crippen LogP contribution in [0.15, 0.2) is 40.5 Å². The lowest BCUT2D eigenvalue weighted by molar-refractivity contribution is 0.374. The van der Waals surface area contributed by atoms with Crippen molar-refractivity contribution in [1.82, 2.24) is 9.29 Å². The van der Waals surface area contributed by atoms with Gasteiger partial charge < -0.3 is 14.2 Å². The molecule has 2 aromatic rings. The number of anilines is 1. The van der Waals surface area contributed by atoms with Gasteiger partial charge in [0.1, 0.15) is 28.0 Å². The van der Waals surface area contributed by atoms with Gasteiger partial charge in [0.2, 0.25) is 10.0 Å². The normalized spacial score (nSPS) is 11.7. The Kier molecular flexibility index (Phi) is 7.80. The first-order valence-corrected chi connectivity index (χ1v) is 10.4. The summed E-state index contributed by atoms with van der Waals surface area (Å²) in [7, 11) is 1.08. The number of nitrogens with zero attached hydrogens (tertiary/aromatic N) is 3. The Balaban J connectivity index is 2.20. The zero-order chi connectivity index (χ0) is 21.4. The summed E-state index contributed by atoms with van der Waals surface area (Å²) in [5.74, 6) is 2.04. The van der Waals surface area contributed by atoms with Crippen LogP contribution >= 0.6 is 0 Å². The SMILES string of the molecule is CCN(CC)S(=O)(=O)c1ccc(N/N=C\c2c(OC)cc(OC)cc2OC)nc1. The van der Waals surface area contributed by atoms with Gasteiger partial charge in [-0.1, -0.05) is 13.8 Å². The van der Waals surface area contributed by atoms with Gasteiger partial charge in [-0.2, -0.15) is 9.41 Å². The van der Waals surface area contributed by atoms with Gasteiger partial charge in [-0.25, -0.2) is 13.4 Å². The summed E-state index contributed by atoms with van der Waals surface area (Å²) < 4.78 is 42.3. The number of hydrogen-bond acceptors (Lipinski definition) is 8. The number of sulfonamides is 1. The van der Waals surface area contributed by atoms with Crippen LogP contribution in [-0.2, 0) is 10.0 Å². The molecule has 1 aromatic carbocycles. The fourth-order valence-corrected chi connectivity index (χ4v) is 4.04. The molecule has 9 nitrogen and oxygen atoms in total. The third kappa shape index (κ3) is 5.15. The number of hydrazone groups is 1. The van der Waals surface area contributed by atoms with Crippen molar-refractivity contribution in [3.63, 3.8) is 0 Å². The molecular weight excluding hydrogens is 396 g/mol. The van der Waals surface area contributed by atoms with Crippen LogP contribution in [0.4, 0.5) is 5.82 Å². The van der Waals surface area contributed by atoms with E-state index in [2.05, 4.69) is 15.5 Å². The van der Waals surface area contributed by atoms with E-state index < -0.39 is 10.0 Å². The van der Waals surface area contributed by atoms with Gasteiger partial charge in [-0.3, -0.25) is 5.43 Å². The van der Waals surface area contributed by atoms with E-state index in [1.54, 1.807) is 39.2 Å². The van der Waals surface area contributed by atoms with Crippen molar-refractivity contribution in [1.29, 1.82) is 0 Å². The van der Waals surface area contributed by atoms with E-state index >= 15 is 0 Å². The summed E-state index contributed by atoms with van der Waals surface area (Å²) in [6.45, 7) is 4.38. The lowest BCUT2D eigenvalue weighted by Gasteiger charge is -2.18. The van der Waals surface area contributed by atoms with Gasteiger partial charge in [0.25, 0.3) is 0 Å². The number of hydrogen-bond donors (Lipinski definition) is 1. The molecule has 0 bridgehead atoms. The van der Waals surface area contributed by atoms with E-state index in [4.69, 9.17) is 14.2 Å². The zero-order valence-corrected chi connectivity index (χ0v) is 18.0. The van der Waals surface area contributed by atoms with E-state index in [1.165, 1.54) is 37.0 Å². The molecule has 0 unspecified atom stereocenters. The molecule has 1 aromatic heterocycles. The van der Waals surface area contributed by atoms with Crippen LogP contribution in [-0.4, -0.2) is 58.3 Å². The summed E-state index contributed by atoms with van der Waals surface area (Å²) >= 11 is 0. The molecule has 0 atom stereocenters. The summed E-state index contributed by atoms with van der Waals surface area (Å²) in [4.78, 5) is 4.26. The zero-order valence-electron chi connectivity index (χ0n) is 17.2. The maximum Gasteiger partial charge on any atom is 0.244 e. The molecule has 0 aliphatic carbocycles. The lowest BCUT2D eigenvalue weighted by atomic mass is 10.2. The fourth-order valence-electron chi connectivity index (χ4n) is 2.63. The summed E-state index contributed by atoms with van der Waals surface area (Å²) in [6, 6.07) is 6.48. The van der Waals surface area contributed by atoms with Crippen molar-refractivity contribution in [2.75, 3.05) is 39.8 Å². The Morgan fingerprint density at radius 2 is 1.69 bits per heavy atom. The summed E-state index contributed by atoms with van der Waals surface area (Å²) in [5.41, 5.74) is 3.38. The first-order valence-electron chi connectivity index (χ1n) is 8.96. The van der Waals surface area contributed by atoms with Gasteiger partial charge in [0, 0.05) is 31.4 Å². The molecule has 0 radical (unpaired) electrons. The number of benzene rings is 1. The Morgan fingerprint density at radius 3 is 2.14 bits per heavy atom. The number of pyridine rings is 1. The number of methoxy groups -OCH3 is 3. The van der Waals surface area contributed by atoms with Crippen molar-refractivity contribution < 1.29 is 22.6 Å². The highest BCUT2D eigenvalue weighted by Gasteiger charge is 2.21. The quantitative estimate of drug-likeness (QED) is 0.464. The second kappa shape index (κ2) is 10.1. The Hall–Kier alpha value is -2.85. The minimum absolute atomic E-state index is 0.134. The van der Waals surface area contributed by atoms with Crippen LogP contribution in [0.5, 0.6) is 17.2 Å². The number of rotatable bonds is 10. The minimum atomic E-state index is -3.55. The molecule has 1 N–H and O–H groups in total. The van der Waals surface area contributed by atoms with Gasteiger partial charge in [0.15, 0.2) is 0 Å². The van der Waals surface area contributed by atoms with Crippen LogP contribution < -0.4 is 19.6 Å². The third-order valence-corrected chi connectivity index (χ3v) is 6.24. The largest absolute Gasteiger partial charge is 0.496 e. The van der Waals surface area contributed by atoms with Crippen LogP contribution in [0.1, 0.15) is 19.4 Å². The molecule has 0 saturated carbocycles. The van der Waals surface area contributed by atoms with Crippen molar-refractivity contribution >= 4 is 22.1 Å². The molecule has 2 rings (SSSR count). The van der Waals surface area contributed by atoms with Gasteiger partial charge in [-0.15, -0.1) is 0 Å². The first kappa shape index (κ1) is 22.4. The highest BCUT2D eigenvalue weighted by Crippen LogP contribution is 2.32. The molecule has 1 heterocycles. The second-order valence-electron chi connectivity index (χ2n) is 5.78. The van der Waals surface area contributed by atoms with Crippen molar-refractivity contribution in [3.05, 3.63) is 36.0 Å². The summed E-state index contributed by atoms with van der Waals surface area (Å²) in [5, 5.41) is 4.15. The van der Waals surface area contributed by atoms with Crippen LogP contribution in [0, 0.1) is 0 Å². The predicted molar refractivity (Wildman–Crippen MR) is 112 cm³/mol. The van der Waals surface area contributed by atoms with Crippen LogP contribution in [0.25, 0.3) is 0 Å². The molecule has 0 aliphatic rings. The molecule has 0 amide bonds. The topological polar surface area (TPSA) is 102 Å². The highest BCUT2D eigenvalue weighted by molar-refractivity contribution is 7.89. The van der Waals surface area contributed by atoms with E-state index in [0.717, 1.165) is 0 Å². The predicted octanol–water partition coefficient (Wildman–Crippen LogP) is 2.58. The van der Waals surface area contributed by atoms with Gasteiger partial charge >= 0.3 is 0 Å². The molecular formula is C19H26N4O5S. The Bertz CT molecular complexity index is 917. The van der Waals surface area contributed by atoms with E-state index in [1.807, 2.05) is 0 Å². The fraction of sp³-hybridized carbons (Fsp3) is 0.368. The number of aromatic nitrogens is 1. The third-order valence-electron chi connectivity index (χ3n) is 4.21. The lowest BCUT2D eigenvalue weighted by Crippen LogP contribution is -2.30. The molecule has 29 heavy (non-hydrogen) atoms. The standard InChI is InChI=1S/C19H26N4O5S/c1-6-23(7-2)29(24,25)15-8-9-19(20-12-15)22-21-13-16-17(27-4)10-14(26-3)11-18(16)28-5/h8-13H,6-7H2,1-5H3,(H,20,22)/b21-13-. The van der Waals surface area contributed by atoms with E-state index in [0.29, 0.717) is 41.7 Å². The van der Waals surface area contributed by atoms with E-state index in [-0.39, 0.29) is 4.90 Å². The molecule has 10 heteroatoms. The van der Waals surface area contributed by atoms with Crippen LogP contribution in [0.3, 0.4) is 0 Å². The first-order chi connectivity index (χ1) is 13.9. The maximum atomic E-state index is 12.5. The van der Waals surface area contributed by atoms with Gasteiger partial charge in [0.05, 0.1) is 33.1 Å². The number of ether oxygens (including phenoxy) is 3. The van der Waals surface area contributed by atoms with Gasteiger partial charge in [-0.05, 0) is 12.1 Å². The molecule has 0 aliphatic heterocycles. The van der Waals surface area contributed by atoms with E-state index in [9.17, 15) is 8.42 Å². The Labute approximate surface area is 171 Å². The highest BCUT2D eigenvalue weighted by atomic mass is 32.2. The molecule has 0 spiro atoms. The summed E-state index contributed by atoms with van der Waals surface area (Å²) in [6.07, 6.45) is 2.83. The smallest absolute Gasteiger partial charge is 0.244 e. The minimum Gasteiger partial charge on any atom is -0.496 e. The van der Waals surface area contributed by atoms with Crippen molar-refractivity contribution in [3.8, 4) is 17.2 Å². The average Bonchev–Trinajstić information content (AvgIpc) is 2.74. The maximum absolute atomic E-state index is 12.5. The Morgan fingerprint density at radius 1 is 1.07 bits per heavy atom. The van der Waals surface area contributed by atoms with Crippen molar-refractivity contribution in [2.45, 2.75) is 18.7 Å². The number of nitrogens with one attached hydrogen (secondary N) is 1. The average molecular weight is 423 g/mol.